The van der Waals surface area contributed by atoms with Gasteiger partial charge in [-0.3, -0.25) is 4.79 Å². The molecule has 0 spiro atoms. The number of pyridine rings is 1. The van der Waals surface area contributed by atoms with Crippen molar-refractivity contribution in [3.63, 3.8) is 0 Å². The second-order valence-corrected chi connectivity index (χ2v) is 5.09. The Kier molecular flexibility index (Phi) is 4.66. The fourth-order valence-corrected chi connectivity index (χ4v) is 2.61. The Morgan fingerprint density at radius 2 is 1.84 bits per heavy atom. The lowest BCUT2D eigenvalue weighted by Crippen LogP contribution is -3.00. The number of halogens is 1. The first-order valence-electron chi connectivity index (χ1n) is 5.77. The van der Waals surface area contributed by atoms with Crippen molar-refractivity contribution in [3.8, 4) is 0 Å². The van der Waals surface area contributed by atoms with Crippen molar-refractivity contribution in [2.75, 3.05) is 0 Å². The summed E-state index contributed by atoms with van der Waals surface area (Å²) in [6.07, 6.45) is 3.97. The maximum Gasteiger partial charge on any atom is 0.237 e. The molecule has 0 saturated carbocycles. The number of ketones is 1. The molecule has 3 rings (SSSR count). The number of thiophene rings is 1. The third-order valence-corrected chi connectivity index (χ3v) is 3.78. The summed E-state index contributed by atoms with van der Waals surface area (Å²) in [7, 11) is 0. The Bertz CT molecular complexity index is 694. The Morgan fingerprint density at radius 3 is 2.58 bits per heavy atom. The van der Waals surface area contributed by atoms with Gasteiger partial charge in [-0.1, -0.05) is 24.3 Å². The quantitative estimate of drug-likeness (QED) is 0.358. The van der Waals surface area contributed by atoms with E-state index in [4.69, 9.17) is 0 Å². The van der Waals surface area contributed by atoms with Crippen LogP contribution in [-0.4, -0.2) is 5.78 Å². The van der Waals surface area contributed by atoms with Gasteiger partial charge in [0.25, 0.3) is 0 Å². The summed E-state index contributed by atoms with van der Waals surface area (Å²) < 4.78 is 1.93. The number of carbonyl (C=O) groups is 1. The summed E-state index contributed by atoms with van der Waals surface area (Å²) in [5.74, 6) is 0.158. The molecule has 2 aromatic heterocycles. The number of hydrogen-bond acceptors (Lipinski definition) is 2. The maximum absolute atomic E-state index is 12.0. The highest BCUT2D eigenvalue weighted by Gasteiger charge is 2.13. The number of hydrogen-bond donors (Lipinski definition) is 0. The van der Waals surface area contributed by atoms with Crippen molar-refractivity contribution >= 4 is 27.9 Å². The van der Waals surface area contributed by atoms with Gasteiger partial charge in [-0.2, -0.15) is 4.57 Å². The Labute approximate surface area is 132 Å². The maximum atomic E-state index is 12.0. The fourth-order valence-electron chi connectivity index (χ4n) is 1.96. The van der Waals surface area contributed by atoms with E-state index in [-0.39, 0.29) is 29.8 Å². The van der Waals surface area contributed by atoms with E-state index < -0.39 is 0 Å². The van der Waals surface area contributed by atoms with Crippen LogP contribution in [0.4, 0.5) is 0 Å². The SMILES string of the molecule is O=C(C[n+]1ccc2ccccc2c1)c1cccs1.[I-]. The highest BCUT2D eigenvalue weighted by atomic mass is 127. The zero-order valence-corrected chi connectivity index (χ0v) is 13.1. The standard InChI is InChI=1S/C15H12NOS.HI/c17-14(15-6-3-9-18-15)11-16-8-7-12-4-1-2-5-13(12)10-16;/h1-10H,11H2;1H/q+1;/p-1. The van der Waals surface area contributed by atoms with Gasteiger partial charge < -0.3 is 24.0 Å². The molecule has 0 N–H and O–H groups in total. The molecule has 2 nitrogen and oxygen atoms in total. The molecule has 96 valence electrons. The first kappa shape index (κ1) is 14.1. The zero-order chi connectivity index (χ0) is 12.4. The molecule has 1 aromatic carbocycles. The molecule has 0 aliphatic rings. The van der Waals surface area contributed by atoms with Crippen LogP contribution in [-0.2, 0) is 6.54 Å². The average molecular weight is 381 g/mol. The van der Waals surface area contributed by atoms with Crippen LogP contribution < -0.4 is 28.5 Å². The Hall–Kier alpha value is -1.27. The monoisotopic (exact) mass is 381 g/mol. The van der Waals surface area contributed by atoms with Gasteiger partial charge in [0.15, 0.2) is 12.4 Å². The van der Waals surface area contributed by atoms with Crippen LogP contribution in [0.1, 0.15) is 9.67 Å². The molecule has 3 aromatic rings. The summed E-state index contributed by atoms with van der Waals surface area (Å²) in [6, 6.07) is 14.0. The Morgan fingerprint density at radius 1 is 1.05 bits per heavy atom. The number of fused-ring (bicyclic) bond motifs is 1. The van der Waals surface area contributed by atoms with Gasteiger partial charge in [0.2, 0.25) is 12.3 Å². The van der Waals surface area contributed by atoms with Crippen molar-refractivity contribution < 1.29 is 33.3 Å². The molecule has 0 fully saturated rings. The van der Waals surface area contributed by atoms with E-state index in [1.165, 1.54) is 16.7 Å². The zero-order valence-electron chi connectivity index (χ0n) is 10.1. The molecule has 19 heavy (non-hydrogen) atoms. The van der Waals surface area contributed by atoms with Gasteiger partial charge in [-0.05, 0) is 22.9 Å². The summed E-state index contributed by atoms with van der Waals surface area (Å²) >= 11 is 1.49. The summed E-state index contributed by atoms with van der Waals surface area (Å²) in [5.41, 5.74) is 0. The molecule has 0 atom stereocenters. The number of carbonyl (C=O) groups excluding carboxylic acids is 1. The van der Waals surface area contributed by atoms with Gasteiger partial charge in [-0.15, -0.1) is 11.3 Å². The highest BCUT2D eigenvalue weighted by Crippen LogP contribution is 2.11. The van der Waals surface area contributed by atoms with Crippen molar-refractivity contribution in [2.24, 2.45) is 0 Å². The van der Waals surface area contributed by atoms with E-state index in [9.17, 15) is 4.79 Å². The number of benzene rings is 1. The normalized spacial score (nSPS) is 10.1. The summed E-state index contributed by atoms with van der Waals surface area (Å²) in [5, 5.41) is 4.27. The van der Waals surface area contributed by atoms with E-state index in [0.717, 1.165) is 10.3 Å². The van der Waals surface area contributed by atoms with Crippen LogP contribution in [0.5, 0.6) is 0 Å². The predicted octanol–water partition coefficient (Wildman–Crippen LogP) is 0.0757. The van der Waals surface area contributed by atoms with E-state index >= 15 is 0 Å². The molecule has 0 aliphatic heterocycles. The summed E-state index contributed by atoms with van der Waals surface area (Å²) in [4.78, 5) is 12.8. The van der Waals surface area contributed by atoms with Crippen LogP contribution in [0.3, 0.4) is 0 Å². The molecular formula is C15H12INOS. The molecule has 0 aliphatic carbocycles. The number of rotatable bonds is 3. The Balaban J connectivity index is 0.00000133. The average Bonchev–Trinajstić information content (AvgIpc) is 2.92. The van der Waals surface area contributed by atoms with Gasteiger partial charge in [0.05, 0.1) is 4.88 Å². The van der Waals surface area contributed by atoms with Crippen LogP contribution >= 0.6 is 11.3 Å². The molecular weight excluding hydrogens is 369 g/mol. The van der Waals surface area contributed by atoms with Gasteiger partial charge in [0.1, 0.15) is 0 Å². The predicted molar refractivity (Wildman–Crippen MR) is 72.8 cm³/mol. The van der Waals surface area contributed by atoms with Crippen LogP contribution in [0.25, 0.3) is 10.8 Å². The lowest BCUT2D eigenvalue weighted by Gasteiger charge is -1.98. The molecule has 4 heteroatoms. The smallest absolute Gasteiger partial charge is 0.237 e. The minimum absolute atomic E-state index is 0. The summed E-state index contributed by atoms with van der Waals surface area (Å²) in [6.45, 7) is 0.394. The largest absolute Gasteiger partial charge is 1.00 e. The van der Waals surface area contributed by atoms with Gasteiger partial charge >= 0.3 is 0 Å². The third kappa shape index (κ3) is 3.19. The van der Waals surface area contributed by atoms with E-state index in [1.807, 2.05) is 52.7 Å². The van der Waals surface area contributed by atoms with Crippen LogP contribution in [0.2, 0.25) is 0 Å². The van der Waals surface area contributed by atoms with E-state index in [0.29, 0.717) is 6.54 Å². The molecule has 0 amide bonds. The van der Waals surface area contributed by atoms with Crippen LogP contribution in [0, 0.1) is 0 Å². The second-order valence-electron chi connectivity index (χ2n) is 4.15. The van der Waals surface area contributed by atoms with Crippen molar-refractivity contribution in [1.82, 2.24) is 0 Å². The molecule has 0 saturated heterocycles. The molecule has 2 heterocycles. The van der Waals surface area contributed by atoms with Crippen molar-refractivity contribution in [1.29, 1.82) is 0 Å². The van der Waals surface area contributed by atoms with E-state index in [2.05, 4.69) is 12.1 Å². The number of nitrogens with zero attached hydrogens (tertiary/aromatic N) is 1. The van der Waals surface area contributed by atoms with E-state index in [1.54, 1.807) is 0 Å². The van der Waals surface area contributed by atoms with Gasteiger partial charge in [0, 0.05) is 11.5 Å². The minimum atomic E-state index is 0. The highest BCUT2D eigenvalue weighted by molar-refractivity contribution is 7.12. The lowest BCUT2D eigenvalue weighted by molar-refractivity contribution is -0.681. The number of Topliss-reactive ketones (excluding diaryl/α,β-unsaturated/α-hetero) is 1. The first-order valence-corrected chi connectivity index (χ1v) is 6.65. The van der Waals surface area contributed by atoms with Gasteiger partial charge in [-0.25, -0.2) is 0 Å². The van der Waals surface area contributed by atoms with Crippen LogP contribution in [0.15, 0.2) is 60.2 Å². The minimum Gasteiger partial charge on any atom is -1.00 e. The first-order chi connectivity index (χ1) is 8.83. The van der Waals surface area contributed by atoms with Crippen molar-refractivity contribution in [3.05, 3.63) is 65.1 Å². The number of aromatic nitrogens is 1. The molecule has 0 radical (unpaired) electrons. The second kappa shape index (κ2) is 6.25. The van der Waals surface area contributed by atoms with Crippen molar-refractivity contribution in [2.45, 2.75) is 6.54 Å². The third-order valence-electron chi connectivity index (χ3n) is 2.87. The lowest BCUT2D eigenvalue weighted by atomic mass is 10.2. The molecule has 0 bridgehead atoms. The fraction of sp³-hybridized carbons (Fsp3) is 0.0667. The topological polar surface area (TPSA) is 20.9 Å². The molecule has 0 unspecified atom stereocenters.